The van der Waals surface area contributed by atoms with E-state index in [1.807, 2.05) is 45.9 Å². The molecule has 0 aliphatic carbocycles. The fourth-order valence-corrected chi connectivity index (χ4v) is 2.57. The van der Waals surface area contributed by atoms with Gasteiger partial charge in [-0.25, -0.2) is 0 Å². The quantitative estimate of drug-likeness (QED) is 0.578. The largest absolute Gasteiger partial charge is 0.491 e. The highest BCUT2D eigenvalue weighted by atomic mass is 16.5. The third-order valence-corrected chi connectivity index (χ3v) is 4.59. The lowest BCUT2D eigenvalue weighted by molar-refractivity contribution is -0.124. The van der Waals surface area contributed by atoms with Crippen LogP contribution in [0.2, 0.25) is 0 Å². The second-order valence-electron chi connectivity index (χ2n) is 7.23. The molecule has 0 heterocycles. The fraction of sp³-hybridized carbons (Fsp3) is 0.348. The molecule has 2 aromatic carbocycles. The van der Waals surface area contributed by atoms with Crippen molar-refractivity contribution in [3.63, 3.8) is 0 Å². The molecule has 2 rings (SSSR count). The van der Waals surface area contributed by atoms with E-state index < -0.39 is 11.8 Å². The number of carbonyl (C=O) groups excluding carboxylic acids is 3. The molecular formula is C23H29N3O4. The van der Waals surface area contributed by atoms with Crippen LogP contribution in [0.5, 0.6) is 5.75 Å². The van der Waals surface area contributed by atoms with Gasteiger partial charge in [-0.3, -0.25) is 25.2 Å². The number of nitrogens with one attached hydrogen (secondary N) is 3. The first-order valence-electron chi connectivity index (χ1n) is 10.0. The summed E-state index contributed by atoms with van der Waals surface area (Å²) in [6.45, 7) is 7.85. The SMILES string of the molecule is CCC(C)Oc1ccc(C(=O)NNC(=O)CCC(=O)Nc2cc(C)ccc2C)cc1. The summed E-state index contributed by atoms with van der Waals surface area (Å²) >= 11 is 0. The van der Waals surface area contributed by atoms with Crippen LogP contribution >= 0.6 is 0 Å². The standard InChI is InChI=1S/C23H29N3O4/c1-5-17(4)30-19-10-8-18(9-11-19)23(29)26-25-22(28)13-12-21(27)24-20-14-15(2)6-7-16(20)3/h6-11,14,17H,5,12-13H2,1-4H3,(H,24,27)(H,25,28)(H,26,29). The van der Waals surface area contributed by atoms with Crippen LogP contribution in [-0.4, -0.2) is 23.8 Å². The molecule has 0 fully saturated rings. The molecule has 0 saturated carbocycles. The molecule has 1 unspecified atom stereocenters. The maximum absolute atomic E-state index is 12.1. The number of anilines is 1. The maximum atomic E-state index is 12.1. The van der Waals surface area contributed by atoms with Gasteiger partial charge in [0.2, 0.25) is 11.8 Å². The molecule has 0 aliphatic rings. The van der Waals surface area contributed by atoms with Crippen LogP contribution in [0.4, 0.5) is 5.69 Å². The van der Waals surface area contributed by atoms with E-state index >= 15 is 0 Å². The molecule has 2 aromatic rings. The third kappa shape index (κ3) is 7.24. The zero-order chi connectivity index (χ0) is 22.1. The van der Waals surface area contributed by atoms with E-state index in [-0.39, 0.29) is 24.9 Å². The van der Waals surface area contributed by atoms with E-state index in [1.54, 1.807) is 24.3 Å². The third-order valence-electron chi connectivity index (χ3n) is 4.59. The predicted molar refractivity (Wildman–Crippen MR) is 116 cm³/mol. The van der Waals surface area contributed by atoms with Gasteiger partial charge in [-0.15, -0.1) is 0 Å². The van der Waals surface area contributed by atoms with Crippen LogP contribution in [0.15, 0.2) is 42.5 Å². The number of hydrazine groups is 1. The van der Waals surface area contributed by atoms with E-state index in [0.29, 0.717) is 11.3 Å². The fourth-order valence-electron chi connectivity index (χ4n) is 2.57. The molecule has 7 nitrogen and oxygen atoms in total. The highest BCUT2D eigenvalue weighted by Crippen LogP contribution is 2.17. The number of carbonyl (C=O) groups is 3. The summed E-state index contributed by atoms with van der Waals surface area (Å²) in [6, 6.07) is 12.4. The Morgan fingerprint density at radius 3 is 2.27 bits per heavy atom. The van der Waals surface area contributed by atoms with Crippen molar-refractivity contribution in [3.8, 4) is 5.75 Å². The Morgan fingerprint density at radius 2 is 1.60 bits per heavy atom. The van der Waals surface area contributed by atoms with Crippen LogP contribution < -0.4 is 20.9 Å². The van der Waals surface area contributed by atoms with Crippen LogP contribution in [0.25, 0.3) is 0 Å². The lowest BCUT2D eigenvalue weighted by Crippen LogP contribution is -2.41. The van der Waals surface area contributed by atoms with Gasteiger partial charge in [-0.05, 0) is 68.7 Å². The average Bonchev–Trinajstić information content (AvgIpc) is 2.73. The lowest BCUT2D eigenvalue weighted by atomic mass is 10.1. The Bertz CT molecular complexity index is 894. The second kappa shape index (κ2) is 11.0. The smallest absolute Gasteiger partial charge is 0.269 e. The summed E-state index contributed by atoms with van der Waals surface area (Å²) < 4.78 is 5.67. The molecule has 0 radical (unpaired) electrons. The summed E-state index contributed by atoms with van der Waals surface area (Å²) in [4.78, 5) is 36.2. The van der Waals surface area contributed by atoms with Crippen LogP contribution in [0, 0.1) is 13.8 Å². The Morgan fingerprint density at radius 1 is 0.933 bits per heavy atom. The molecule has 0 aromatic heterocycles. The van der Waals surface area contributed by atoms with Gasteiger partial charge in [0.15, 0.2) is 0 Å². The van der Waals surface area contributed by atoms with E-state index in [0.717, 1.165) is 23.2 Å². The monoisotopic (exact) mass is 411 g/mol. The minimum absolute atomic E-state index is 0.0106. The molecule has 160 valence electrons. The number of amides is 3. The topological polar surface area (TPSA) is 96.5 Å². The summed E-state index contributed by atoms with van der Waals surface area (Å²) in [7, 11) is 0. The number of ether oxygens (including phenoxy) is 1. The average molecular weight is 412 g/mol. The van der Waals surface area contributed by atoms with Crippen molar-refractivity contribution < 1.29 is 19.1 Å². The van der Waals surface area contributed by atoms with Crippen molar-refractivity contribution in [1.29, 1.82) is 0 Å². The zero-order valence-corrected chi connectivity index (χ0v) is 17.9. The summed E-state index contributed by atoms with van der Waals surface area (Å²) in [5.41, 5.74) is 7.78. The van der Waals surface area contributed by atoms with Gasteiger partial charge >= 0.3 is 0 Å². The normalized spacial score (nSPS) is 11.3. The number of aryl methyl sites for hydroxylation is 2. The van der Waals surface area contributed by atoms with Crippen LogP contribution in [-0.2, 0) is 9.59 Å². The van der Waals surface area contributed by atoms with Gasteiger partial charge in [-0.1, -0.05) is 19.1 Å². The molecule has 3 amide bonds. The van der Waals surface area contributed by atoms with Gasteiger partial charge in [-0.2, -0.15) is 0 Å². The minimum Gasteiger partial charge on any atom is -0.491 e. The maximum Gasteiger partial charge on any atom is 0.269 e. The van der Waals surface area contributed by atoms with E-state index in [9.17, 15) is 14.4 Å². The van der Waals surface area contributed by atoms with E-state index in [2.05, 4.69) is 16.2 Å². The van der Waals surface area contributed by atoms with Crippen molar-refractivity contribution in [2.45, 2.75) is 53.1 Å². The zero-order valence-electron chi connectivity index (χ0n) is 17.9. The number of hydrogen-bond donors (Lipinski definition) is 3. The van der Waals surface area contributed by atoms with Gasteiger partial charge in [0.25, 0.3) is 5.91 Å². The highest BCUT2D eigenvalue weighted by molar-refractivity contribution is 5.96. The minimum atomic E-state index is -0.448. The van der Waals surface area contributed by atoms with Crippen LogP contribution in [0.1, 0.15) is 54.6 Å². The number of benzene rings is 2. The molecule has 0 aliphatic heterocycles. The Hall–Kier alpha value is -3.35. The second-order valence-corrected chi connectivity index (χ2v) is 7.23. The van der Waals surface area contributed by atoms with Crippen molar-refractivity contribution in [1.82, 2.24) is 10.9 Å². The first-order chi connectivity index (χ1) is 14.3. The van der Waals surface area contributed by atoms with E-state index in [4.69, 9.17) is 4.74 Å². The molecular weight excluding hydrogens is 382 g/mol. The Labute approximate surface area is 177 Å². The first kappa shape index (κ1) is 22.9. The Kier molecular flexibility index (Phi) is 8.41. The molecule has 0 bridgehead atoms. The van der Waals surface area contributed by atoms with Crippen molar-refractivity contribution in [2.75, 3.05) is 5.32 Å². The molecule has 7 heteroatoms. The lowest BCUT2D eigenvalue weighted by Gasteiger charge is -2.13. The number of rotatable bonds is 8. The van der Waals surface area contributed by atoms with Gasteiger partial charge < -0.3 is 10.1 Å². The summed E-state index contributed by atoms with van der Waals surface area (Å²) in [5, 5.41) is 2.80. The Balaban J connectivity index is 1.75. The van der Waals surface area contributed by atoms with Gasteiger partial charge in [0.1, 0.15) is 5.75 Å². The van der Waals surface area contributed by atoms with Gasteiger partial charge in [0, 0.05) is 24.1 Å². The number of hydrogen-bond acceptors (Lipinski definition) is 4. The summed E-state index contributed by atoms with van der Waals surface area (Å²) in [5.74, 6) is -0.476. The molecule has 3 N–H and O–H groups in total. The van der Waals surface area contributed by atoms with E-state index in [1.165, 1.54) is 0 Å². The summed E-state index contributed by atoms with van der Waals surface area (Å²) in [6.07, 6.45) is 0.947. The molecule has 30 heavy (non-hydrogen) atoms. The molecule has 1 atom stereocenters. The molecule has 0 spiro atoms. The van der Waals surface area contributed by atoms with Crippen molar-refractivity contribution in [3.05, 3.63) is 59.2 Å². The predicted octanol–water partition coefficient (Wildman–Crippen LogP) is 3.66. The highest BCUT2D eigenvalue weighted by Gasteiger charge is 2.11. The molecule has 0 saturated heterocycles. The van der Waals surface area contributed by atoms with Crippen molar-refractivity contribution >= 4 is 23.4 Å². The van der Waals surface area contributed by atoms with Gasteiger partial charge in [0.05, 0.1) is 6.10 Å². The van der Waals surface area contributed by atoms with Crippen molar-refractivity contribution in [2.24, 2.45) is 0 Å². The van der Waals surface area contributed by atoms with Crippen LogP contribution in [0.3, 0.4) is 0 Å². The first-order valence-corrected chi connectivity index (χ1v) is 10.0.